The topological polar surface area (TPSA) is 46.2 Å². The van der Waals surface area contributed by atoms with E-state index in [0.29, 0.717) is 4.90 Å². The fraction of sp³-hybridized carbons (Fsp3) is 0.625. The largest absolute Gasteiger partial charge is 0.385 e. The van der Waals surface area contributed by atoms with Crippen molar-refractivity contribution in [2.24, 2.45) is 11.8 Å². The first-order valence-electron chi connectivity index (χ1n) is 7.58. The molecule has 0 heterocycles. The van der Waals surface area contributed by atoms with Gasteiger partial charge in [-0.25, -0.2) is 8.42 Å². The summed E-state index contributed by atoms with van der Waals surface area (Å²) in [6, 6.07) is 7.14. The Hall–Kier alpha value is -1.03. The number of sulfone groups is 1. The van der Waals surface area contributed by atoms with Gasteiger partial charge in [-0.2, -0.15) is 0 Å². The van der Waals surface area contributed by atoms with Crippen LogP contribution >= 0.6 is 0 Å². The van der Waals surface area contributed by atoms with Gasteiger partial charge < -0.3 is 5.32 Å². The van der Waals surface area contributed by atoms with Crippen LogP contribution in [-0.4, -0.2) is 20.7 Å². The Balaban J connectivity index is 1.88. The average molecular weight is 295 g/mol. The summed E-state index contributed by atoms with van der Waals surface area (Å²) in [4.78, 5) is 0.414. The highest BCUT2D eigenvalue weighted by atomic mass is 32.2. The third-order valence-electron chi connectivity index (χ3n) is 4.32. The number of hydrogen-bond donors (Lipinski definition) is 1. The Morgan fingerprint density at radius 1 is 1.10 bits per heavy atom. The minimum Gasteiger partial charge on any atom is -0.385 e. The molecule has 0 aliphatic heterocycles. The monoisotopic (exact) mass is 295 g/mol. The van der Waals surface area contributed by atoms with E-state index in [0.717, 1.165) is 24.1 Å². The second kappa shape index (κ2) is 6.61. The number of benzene rings is 1. The van der Waals surface area contributed by atoms with Gasteiger partial charge in [0.25, 0.3) is 0 Å². The Kier molecular flexibility index (Phi) is 5.08. The van der Waals surface area contributed by atoms with Crippen LogP contribution in [0, 0.1) is 11.8 Å². The van der Waals surface area contributed by atoms with Gasteiger partial charge in [0.1, 0.15) is 0 Å². The van der Waals surface area contributed by atoms with E-state index in [2.05, 4.69) is 12.2 Å². The fourth-order valence-corrected chi connectivity index (χ4v) is 3.63. The maximum absolute atomic E-state index is 11.7. The second-order valence-corrected chi connectivity index (χ2v) is 8.21. The molecule has 1 aromatic rings. The molecule has 1 aliphatic carbocycles. The lowest BCUT2D eigenvalue weighted by Gasteiger charge is -2.26. The molecule has 0 aromatic heterocycles. The SMILES string of the molecule is CCS(=O)(=O)c1ccc(NCC2CCC(C)CC2)cc1. The third kappa shape index (κ3) is 3.98. The van der Waals surface area contributed by atoms with Gasteiger partial charge >= 0.3 is 0 Å². The molecule has 0 radical (unpaired) electrons. The van der Waals surface area contributed by atoms with Crippen LogP contribution in [0.2, 0.25) is 0 Å². The van der Waals surface area contributed by atoms with E-state index >= 15 is 0 Å². The lowest BCUT2D eigenvalue weighted by Crippen LogP contribution is -2.20. The van der Waals surface area contributed by atoms with Crippen molar-refractivity contribution in [3.63, 3.8) is 0 Å². The van der Waals surface area contributed by atoms with Gasteiger partial charge in [-0.05, 0) is 48.9 Å². The van der Waals surface area contributed by atoms with Crippen LogP contribution in [0.4, 0.5) is 5.69 Å². The number of hydrogen-bond acceptors (Lipinski definition) is 3. The Morgan fingerprint density at radius 2 is 1.70 bits per heavy atom. The maximum atomic E-state index is 11.7. The van der Waals surface area contributed by atoms with Gasteiger partial charge in [-0.1, -0.05) is 26.7 Å². The molecule has 1 aliphatic rings. The van der Waals surface area contributed by atoms with E-state index in [-0.39, 0.29) is 5.75 Å². The Labute approximate surface area is 122 Å². The van der Waals surface area contributed by atoms with Crippen LogP contribution in [0.5, 0.6) is 0 Å². The van der Waals surface area contributed by atoms with Crippen molar-refractivity contribution in [1.29, 1.82) is 0 Å². The zero-order valence-electron chi connectivity index (χ0n) is 12.4. The first-order valence-corrected chi connectivity index (χ1v) is 9.23. The molecule has 0 bridgehead atoms. The minimum absolute atomic E-state index is 0.153. The molecule has 112 valence electrons. The van der Waals surface area contributed by atoms with Gasteiger partial charge in [0.15, 0.2) is 9.84 Å². The van der Waals surface area contributed by atoms with Crippen molar-refractivity contribution < 1.29 is 8.42 Å². The van der Waals surface area contributed by atoms with E-state index in [1.165, 1.54) is 25.7 Å². The quantitative estimate of drug-likeness (QED) is 0.900. The summed E-state index contributed by atoms with van der Waals surface area (Å²) in [5.41, 5.74) is 1.01. The smallest absolute Gasteiger partial charge is 0.178 e. The average Bonchev–Trinajstić information content (AvgIpc) is 2.47. The number of rotatable bonds is 5. The van der Waals surface area contributed by atoms with Gasteiger partial charge in [-0.15, -0.1) is 0 Å². The Morgan fingerprint density at radius 3 is 2.25 bits per heavy atom. The van der Waals surface area contributed by atoms with Crippen LogP contribution in [-0.2, 0) is 9.84 Å². The van der Waals surface area contributed by atoms with Crippen molar-refractivity contribution in [2.75, 3.05) is 17.6 Å². The summed E-state index contributed by atoms with van der Waals surface area (Å²) in [5.74, 6) is 1.79. The first kappa shape index (κ1) is 15.4. The zero-order valence-corrected chi connectivity index (χ0v) is 13.2. The predicted molar refractivity (Wildman–Crippen MR) is 83.8 cm³/mol. The predicted octanol–water partition coefficient (Wildman–Crippen LogP) is 3.72. The van der Waals surface area contributed by atoms with Crippen molar-refractivity contribution in [3.05, 3.63) is 24.3 Å². The standard InChI is InChI=1S/C16H25NO2S/c1-3-20(18,19)16-10-8-15(9-11-16)17-12-14-6-4-13(2)5-7-14/h8-11,13-14,17H,3-7,12H2,1-2H3. The third-order valence-corrected chi connectivity index (χ3v) is 6.07. The van der Waals surface area contributed by atoms with E-state index < -0.39 is 9.84 Å². The van der Waals surface area contributed by atoms with Crippen molar-refractivity contribution >= 4 is 15.5 Å². The summed E-state index contributed by atoms with van der Waals surface area (Å²) in [6.07, 6.45) is 5.27. The van der Waals surface area contributed by atoms with Gasteiger partial charge in [0.05, 0.1) is 10.6 Å². The van der Waals surface area contributed by atoms with Crippen molar-refractivity contribution in [3.8, 4) is 0 Å². The van der Waals surface area contributed by atoms with E-state index in [1.807, 2.05) is 12.1 Å². The summed E-state index contributed by atoms with van der Waals surface area (Å²) in [7, 11) is -3.08. The molecule has 4 heteroatoms. The molecule has 1 saturated carbocycles. The molecule has 0 saturated heterocycles. The van der Waals surface area contributed by atoms with Crippen LogP contribution in [0.15, 0.2) is 29.2 Å². The van der Waals surface area contributed by atoms with E-state index in [4.69, 9.17) is 0 Å². The first-order chi connectivity index (χ1) is 9.51. The van der Waals surface area contributed by atoms with Gasteiger partial charge in [0, 0.05) is 12.2 Å². The lowest BCUT2D eigenvalue weighted by atomic mass is 9.83. The molecular formula is C16H25NO2S. The van der Waals surface area contributed by atoms with Crippen molar-refractivity contribution in [1.82, 2.24) is 0 Å². The molecule has 3 nitrogen and oxygen atoms in total. The molecule has 0 amide bonds. The fourth-order valence-electron chi connectivity index (χ4n) is 2.74. The number of anilines is 1. The molecule has 0 unspecified atom stereocenters. The second-order valence-electron chi connectivity index (χ2n) is 5.93. The normalized spacial score (nSPS) is 23.5. The molecule has 0 spiro atoms. The summed E-state index contributed by atoms with van der Waals surface area (Å²) in [5, 5.41) is 3.43. The summed E-state index contributed by atoms with van der Waals surface area (Å²) >= 11 is 0. The van der Waals surface area contributed by atoms with Crippen LogP contribution in [0.3, 0.4) is 0 Å². The van der Waals surface area contributed by atoms with Crippen LogP contribution in [0.25, 0.3) is 0 Å². The van der Waals surface area contributed by atoms with Crippen molar-refractivity contribution in [2.45, 2.75) is 44.4 Å². The van der Waals surface area contributed by atoms with E-state index in [1.54, 1.807) is 19.1 Å². The molecule has 1 N–H and O–H groups in total. The molecule has 0 atom stereocenters. The Bertz CT molecular complexity index is 514. The maximum Gasteiger partial charge on any atom is 0.178 e. The highest BCUT2D eigenvalue weighted by Gasteiger charge is 2.18. The molecule has 1 aromatic carbocycles. The lowest BCUT2D eigenvalue weighted by molar-refractivity contribution is 0.300. The highest BCUT2D eigenvalue weighted by molar-refractivity contribution is 7.91. The van der Waals surface area contributed by atoms with Gasteiger partial charge in [0.2, 0.25) is 0 Å². The molecular weight excluding hydrogens is 270 g/mol. The molecule has 2 rings (SSSR count). The van der Waals surface area contributed by atoms with Gasteiger partial charge in [-0.3, -0.25) is 0 Å². The van der Waals surface area contributed by atoms with Crippen LogP contribution < -0.4 is 5.32 Å². The summed E-state index contributed by atoms with van der Waals surface area (Å²) < 4.78 is 23.5. The van der Waals surface area contributed by atoms with Crippen LogP contribution in [0.1, 0.15) is 39.5 Å². The molecule has 20 heavy (non-hydrogen) atoms. The van der Waals surface area contributed by atoms with E-state index in [9.17, 15) is 8.42 Å². The number of nitrogens with one attached hydrogen (secondary N) is 1. The minimum atomic E-state index is -3.08. The zero-order chi connectivity index (χ0) is 14.6. The highest BCUT2D eigenvalue weighted by Crippen LogP contribution is 2.28. The molecule has 1 fully saturated rings. The summed E-state index contributed by atoms with van der Waals surface area (Å²) in [6.45, 7) is 4.99.